The molecule has 14 heteroatoms. The van der Waals surface area contributed by atoms with E-state index in [1.165, 1.54) is 6.92 Å². The van der Waals surface area contributed by atoms with Crippen LogP contribution in [0.25, 0.3) is 11.3 Å². The zero-order chi connectivity index (χ0) is 24.9. The molecule has 0 aliphatic carbocycles. The standard InChI is InChI=1S/C20H19N5O8S/c1-13-18(24(26)27)11-16(12-19(13)25(28)29)34(30,31)21-9-10-33-20-8-7-17(22-23-20)14-3-5-15(32-2)6-4-14/h3-8,11-12,21H,9-10H2,1-2H3. The van der Waals surface area contributed by atoms with Crippen LogP contribution in [0, 0.1) is 27.2 Å². The zero-order valence-electron chi connectivity index (χ0n) is 18.0. The number of rotatable bonds is 10. The summed E-state index contributed by atoms with van der Waals surface area (Å²) < 4.78 is 37.7. The van der Waals surface area contributed by atoms with Gasteiger partial charge in [-0.3, -0.25) is 20.2 Å². The molecule has 0 radical (unpaired) electrons. The van der Waals surface area contributed by atoms with Gasteiger partial charge in [-0.05, 0) is 37.3 Å². The van der Waals surface area contributed by atoms with Crippen molar-refractivity contribution in [3.05, 3.63) is 74.3 Å². The Morgan fingerprint density at radius 1 is 0.971 bits per heavy atom. The maximum Gasteiger partial charge on any atom is 0.280 e. The second-order valence-corrected chi connectivity index (χ2v) is 8.60. The van der Waals surface area contributed by atoms with Crippen LogP contribution in [0.1, 0.15) is 5.56 Å². The van der Waals surface area contributed by atoms with E-state index in [9.17, 15) is 28.6 Å². The fourth-order valence-corrected chi connectivity index (χ4v) is 3.97. The second kappa shape index (κ2) is 10.2. The highest BCUT2D eigenvalue weighted by Gasteiger charge is 2.27. The summed E-state index contributed by atoms with van der Waals surface area (Å²) >= 11 is 0. The molecule has 3 rings (SSSR count). The minimum atomic E-state index is -4.28. The summed E-state index contributed by atoms with van der Waals surface area (Å²) in [6.07, 6.45) is 0. The number of nitrogens with one attached hydrogen (secondary N) is 1. The van der Waals surface area contributed by atoms with Gasteiger partial charge in [-0.1, -0.05) is 0 Å². The lowest BCUT2D eigenvalue weighted by Crippen LogP contribution is -2.28. The van der Waals surface area contributed by atoms with E-state index < -0.39 is 36.1 Å². The molecule has 1 heterocycles. The molecule has 178 valence electrons. The molecule has 0 atom stereocenters. The summed E-state index contributed by atoms with van der Waals surface area (Å²) in [5.41, 5.74) is -0.169. The molecule has 0 spiro atoms. The molecular weight excluding hydrogens is 470 g/mol. The lowest BCUT2D eigenvalue weighted by Gasteiger charge is -2.09. The van der Waals surface area contributed by atoms with Crippen molar-refractivity contribution >= 4 is 21.4 Å². The normalized spacial score (nSPS) is 11.1. The maximum atomic E-state index is 12.5. The van der Waals surface area contributed by atoms with Crippen molar-refractivity contribution in [2.45, 2.75) is 11.8 Å². The quantitative estimate of drug-likeness (QED) is 0.253. The molecule has 13 nitrogen and oxygen atoms in total. The molecule has 0 saturated heterocycles. The number of methoxy groups -OCH3 is 1. The SMILES string of the molecule is COc1ccc(-c2ccc(OCCNS(=O)(=O)c3cc([N+](=O)[O-])c(C)c([N+](=O)[O-])c3)nn2)cc1. The number of ether oxygens (including phenoxy) is 2. The second-order valence-electron chi connectivity index (χ2n) is 6.83. The van der Waals surface area contributed by atoms with E-state index in [0.717, 1.165) is 17.7 Å². The predicted molar refractivity (Wildman–Crippen MR) is 119 cm³/mol. The number of hydrogen-bond donors (Lipinski definition) is 1. The lowest BCUT2D eigenvalue weighted by atomic mass is 10.1. The molecule has 34 heavy (non-hydrogen) atoms. The summed E-state index contributed by atoms with van der Waals surface area (Å²) in [5.74, 6) is 0.854. The summed E-state index contributed by atoms with van der Waals surface area (Å²) in [6, 6.07) is 12.0. The Labute approximate surface area is 193 Å². The van der Waals surface area contributed by atoms with Crippen LogP contribution in [0.4, 0.5) is 11.4 Å². The van der Waals surface area contributed by atoms with Crippen molar-refractivity contribution in [3.8, 4) is 22.9 Å². The van der Waals surface area contributed by atoms with Crippen LogP contribution < -0.4 is 14.2 Å². The van der Waals surface area contributed by atoms with Crippen LogP contribution >= 0.6 is 0 Å². The van der Waals surface area contributed by atoms with Crippen LogP contribution in [0.5, 0.6) is 11.6 Å². The number of aromatic nitrogens is 2. The smallest absolute Gasteiger partial charge is 0.280 e. The first-order chi connectivity index (χ1) is 16.1. The minimum absolute atomic E-state index is 0.133. The van der Waals surface area contributed by atoms with Crippen LogP contribution in [0.2, 0.25) is 0 Å². The molecule has 0 aliphatic rings. The van der Waals surface area contributed by atoms with E-state index in [1.54, 1.807) is 31.4 Å². The van der Waals surface area contributed by atoms with Crippen LogP contribution in [-0.2, 0) is 10.0 Å². The van der Waals surface area contributed by atoms with Gasteiger partial charge in [0, 0.05) is 30.3 Å². The lowest BCUT2D eigenvalue weighted by molar-refractivity contribution is -0.395. The highest BCUT2D eigenvalue weighted by Crippen LogP contribution is 2.31. The predicted octanol–water partition coefficient (Wildman–Crippen LogP) is 2.63. The Hall–Kier alpha value is -4.17. The van der Waals surface area contributed by atoms with E-state index in [0.29, 0.717) is 11.4 Å². The highest BCUT2D eigenvalue weighted by atomic mass is 32.2. The molecule has 0 bridgehead atoms. The van der Waals surface area contributed by atoms with E-state index in [4.69, 9.17) is 9.47 Å². The van der Waals surface area contributed by atoms with Gasteiger partial charge < -0.3 is 9.47 Å². The van der Waals surface area contributed by atoms with Gasteiger partial charge in [0.05, 0.1) is 27.5 Å². The van der Waals surface area contributed by atoms with Crippen molar-refractivity contribution in [3.63, 3.8) is 0 Å². The first kappa shape index (κ1) is 24.5. The molecule has 0 aliphatic heterocycles. The van der Waals surface area contributed by atoms with Gasteiger partial charge in [-0.2, -0.15) is 0 Å². The van der Waals surface area contributed by atoms with E-state index in [2.05, 4.69) is 14.9 Å². The number of benzene rings is 2. The Bertz CT molecular complexity index is 1280. The summed E-state index contributed by atoms with van der Waals surface area (Å²) in [6.45, 7) is 0.820. The van der Waals surface area contributed by atoms with Crippen molar-refractivity contribution in [2.24, 2.45) is 0 Å². The van der Waals surface area contributed by atoms with Crippen molar-refractivity contribution in [1.29, 1.82) is 0 Å². The number of nitro groups is 2. The number of nitro benzene ring substituents is 2. The fourth-order valence-electron chi connectivity index (χ4n) is 2.92. The van der Waals surface area contributed by atoms with Gasteiger partial charge in [-0.25, -0.2) is 13.1 Å². The third-order valence-corrected chi connectivity index (χ3v) is 6.14. The van der Waals surface area contributed by atoms with Crippen molar-refractivity contribution in [2.75, 3.05) is 20.3 Å². The molecule has 1 aromatic heterocycles. The monoisotopic (exact) mass is 489 g/mol. The van der Waals surface area contributed by atoms with Gasteiger partial charge >= 0.3 is 0 Å². The minimum Gasteiger partial charge on any atom is -0.497 e. The number of hydrogen-bond acceptors (Lipinski definition) is 10. The van der Waals surface area contributed by atoms with Crippen molar-refractivity contribution in [1.82, 2.24) is 14.9 Å². The third kappa shape index (κ3) is 5.60. The largest absolute Gasteiger partial charge is 0.497 e. The maximum absolute atomic E-state index is 12.5. The van der Waals surface area contributed by atoms with Crippen LogP contribution in [0.15, 0.2) is 53.4 Å². The summed E-state index contributed by atoms with van der Waals surface area (Å²) in [4.78, 5) is 20.0. The Balaban J connectivity index is 1.63. The van der Waals surface area contributed by atoms with Crippen LogP contribution in [0.3, 0.4) is 0 Å². The fraction of sp³-hybridized carbons (Fsp3) is 0.200. The van der Waals surface area contributed by atoms with E-state index in [-0.39, 0.29) is 24.6 Å². The van der Waals surface area contributed by atoms with E-state index >= 15 is 0 Å². The van der Waals surface area contributed by atoms with E-state index in [1.807, 2.05) is 12.1 Å². The van der Waals surface area contributed by atoms with Crippen molar-refractivity contribution < 1.29 is 27.7 Å². The van der Waals surface area contributed by atoms with Gasteiger partial charge in [0.25, 0.3) is 11.4 Å². The third-order valence-electron chi connectivity index (χ3n) is 4.70. The summed E-state index contributed by atoms with van der Waals surface area (Å²) in [5, 5.41) is 30.3. The summed E-state index contributed by atoms with van der Waals surface area (Å²) in [7, 11) is -2.71. The number of nitrogens with zero attached hydrogens (tertiary/aromatic N) is 4. The van der Waals surface area contributed by atoms with Crippen LogP contribution in [-0.4, -0.2) is 48.7 Å². The Morgan fingerprint density at radius 2 is 1.59 bits per heavy atom. The Morgan fingerprint density at radius 3 is 2.09 bits per heavy atom. The highest BCUT2D eigenvalue weighted by molar-refractivity contribution is 7.89. The van der Waals surface area contributed by atoms with Gasteiger partial charge in [-0.15, -0.1) is 10.2 Å². The first-order valence-electron chi connectivity index (χ1n) is 9.66. The molecule has 2 aromatic carbocycles. The molecule has 0 amide bonds. The van der Waals surface area contributed by atoms with Gasteiger partial charge in [0.15, 0.2) is 0 Å². The van der Waals surface area contributed by atoms with Gasteiger partial charge in [0.2, 0.25) is 15.9 Å². The molecular formula is C20H19N5O8S. The average Bonchev–Trinajstić information content (AvgIpc) is 2.82. The molecule has 0 saturated carbocycles. The number of sulfonamides is 1. The Kier molecular flexibility index (Phi) is 7.33. The molecule has 0 fully saturated rings. The van der Waals surface area contributed by atoms with Gasteiger partial charge in [0.1, 0.15) is 17.9 Å². The molecule has 1 N–H and O–H groups in total. The topological polar surface area (TPSA) is 177 Å². The zero-order valence-corrected chi connectivity index (χ0v) is 18.8. The molecule has 3 aromatic rings. The average molecular weight is 489 g/mol. The molecule has 0 unspecified atom stereocenters. The first-order valence-corrected chi connectivity index (χ1v) is 11.1.